The van der Waals surface area contributed by atoms with Crippen LogP contribution < -0.4 is 0 Å². The molecule has 1 N–H and O–H groups in total. The Labute approximate surface area is 119 Å². The lowest BCUT2D eigenvalue weighted by Crippen LogP contribution is -2.10. The Balaban J connectivity index is 1.98. The van der Waals surface area contributed by atoms with Crippen LogP contribution in [0.15, 0.2) is 65.7 Å². The van der Waals surface area contributed by atoms with Gasteiger partial charge in [-0.05, 0) is 19.3 Å². The monoisotopic (exact) mass is 265 g/mol. The maximum Gasteiger partial charge on any atom is 0.0722 e. The zero-order valence-corrected chi connectivity index (χ0v) is 11.4. The van der Waals surface area contributed by atoms with E-state index in [9.17, 15) is 5.11 Å². The highest BCUT2D eigenvalue weighted by Crippen LogP contribution is 2.24. The number of aliphatic imine (C=N–C) groups is 1. The van der Waals surface area contributed by atoms with Gasteiger partial charge in [0.05, 0.1) is 17.9 Å². The maximum absolute atomic E-state index is 9.68. The van der Waals surface area contributed by atoms with Gasteiger partial charge in [0.2, 0.25) is 0 Å². The van der Waals surface area contributed by atoms with E-state index in [2.05, 4.69) is 24.3 Å². The molecule has 1 aliphatic rings. The predicted molar refractivity (Wildman–Crippen MR) is 82.2 cm³/mol. The Kier molecular flexibility index (Phi) is 3.93. The van der Waals surface area contributed by atoms with Crippen molar-refractivity contribution < 1.29 is 5.11 Å². The van der Waals surface area contributed by atoms with Gasteiger partial charge in [-0.15, -0.1) is 0 Å². The van der Waals surface area contributed by atoms with Crippen LogP contribution in [0.25, 0.3) is 0 Å². The maximum atomic E-state index is 9.68. The number of hydrogen-bond acceptors (Lipinski definition) is 2. The molecule has 0 bridgehead atoms. The van der Waals surface area contributed by atoms with Crippen LogP contribution >= 0.6 is 0 Å². The Morgan fingerprint density at radius 2 is 1.40 bits per heavy atom. The fourth-order valence-electron chi connectivity index (χ4n) is 2.74. The molecule has 0 heterocycles. The largest absolute Gasteiger partial charge is 0.393 e. The molecule has 1 aliphatic carbocycles. The van der Waals surface area contributed by atoms with Gasteiger partial charge in [0.15, 0.2) is 0 Å². The first-order chi connectivity index (χ1) is 9.83. The molecule has 102 valence electrons. The summed E-state index contributed by atoms with van der Waals surface area (Å²) in [6.45, 7) is 0. The van der Waals surface area contributed by atoms with Crippen molar-refractivity contribution in [2.45, 2.75) is 31.4 Å². The van der Waals surface area contributed by atoms with Gasteiger partial charge < -0.3 is 5.11 Å². The summed E-state index contributed by atoms with van der Waals surface area (Å²) >= 11 is 0. The Hall–Kier alpha value is -1.93. The first kappa shape index (κ1) is 13.1. The van der Waals surface area contributed by atoms with E-state index in [1.807, 2.05) is 36.4 Å². The number of benzene rings is 2. The third-order valence-electron chi connectivity index (χ3n) is 3.78. The minimum absolute atomic E-state index is 0.184. The van der Waals surface area contributed by atoms with Gasteiger partial charge in [0.1, 0.15) is 0 Å². The average Bonchev–Trinajstić information content (AvgIpc) is 2.92. The first-order valence-electron chi connectivity index (χ1n) is 7.19. The third kappa shape index (κ3) is 2.97. The van der Waals surface area contributed by atoms with Gasteiger partial charge >= 0.3 is 0 Å². The number of aliphatic hydroxyl groups is 1. The van der Waals surface area contributed by atoms with Crippen molar-refractivity contribution in [2.75, 3.05) is 0 Å². The van der Waals surface area contributed by atoms with Crippen molar-refractivity contribution in [1.82, 2.24) is 0 Å². The second kappa shape index (κ2) is 6.02. The average molecular weight is 265 g/mol. The van der Waals surface area contributed by atoms with Crippen molar-refractivity contribution in [3.05, 3.63) is 71.8 Å². The summed E-state index contributed by atoms with van der Waals surface area (Å²) in [6, 6.07) is 20.8. The molecular weight excluding hydrogens is 246 g/mol. The summed E-state index contributed by atoms with van der Waals surface area (Å²) in [5.74, 6) is 0. The van der Waals surface area contributed by atoms with Gasteiger partial charge in [-0.3, -0.25) is 4.99 Å². The molecule has 2 atom stereocenters. The minimum atomic E-state index is -0.184. The van der Waals surface area contributed by atoms with Crippen LogP contribution in [0.3, 0.4) is 0 Å². The smallest absolute Gasteiger partial charge is 0.0722 e. The quantitative estimate of drug-likeness (QED) is 0.847. The minimum Gasteiger partial charge on any atom is -0.393 e. The molecule has 20 heavy (non-hydrogen) atoms. The lowest BCUT2D eigenvalue weighted by molar-refractivity contribution is 0.181. The molecule has 2 heteroatoms. The highest BCUT2D eigenvalue weighted by Gasteiger charge is 2.23. The van der Waals surface area contributed by atoms with Crippen LogP contribution in [0.2, 0.25) is 0 Å². The van der Waals surface area contributed by atoms with Crippen molar-refractivity contribution in [3.8, 4) is 0 Å². The molecule has 0 amide bonds. The predicted octanol–water partition coefficient (Wildman–Crippen LogP) is 3.44. The van der Waals surface area contributed by atoms with E-state index < -0.39 is 0 Å². The van der Waals surface area contributed by atoms with Crippen LogP contribution in [-0.2, 0) is 0 Å². The topological polar surface area (TPSA) is 32.6 Å². The molecule has 2 nitrogen and oxygen atoms in total. The molecule has 0 saturated heterocycles. The van der Waals surface area contributed by atoms with Gasteiger partial charge in [-0.25, -0.2) is 0 Å². The van der Waals surface area contributed by atoms with E-state index in [1.165, 1.54) is 0 Å². The molecule has 2 aromatic rings. The SMILES string of the molecule is O[C@H]1CC[C@@H](N=C(c2ccccc2)c2ccccc2)C1. The molecule has 3 rings (SSSR count). The third-order valence-corrected chi connectivity index (χ3v) is 3.78. The molecule has 2 aromatic carbocycles. The molecule has 0 radical (unpaired) electrons. The second-order valence-corrected chi connectivity index (χ2v) is 5.33. The summed E-state index contributed by atoms with van der Waals surface area (Å²) in [6.07, 6.45) is 2.44. The van der Waals surface area contributed by atoms with Crippen molar-refractivity contribution in [2.24, 2.45) is 4.99 Å². The number of aliphatic hydroxyl groups excluding tert-OH is 1. The van der Waals surface area contributed by atoms with E-state index in [4.69, 9.17) is 4.99 Å². The molecule has 1 saturated carbocycles. The molecule has 0 spiro atoms. The van der Waals surface area contributed by atoms with Gasteiger partial charge in [-0.2, -0.15) is 0 Å². The molecule has 0 unspecified atom stereocenters. The normalized spacial score (nSPS) is 21.6. The van der Waals surface area contributed by atoms with Crippen LogP contribution in [0.4, 0.5) is 0 Å². The van der Waals surface area contributed by atoms with E-state index >= 15 is 0 Å². The number of nitrogens with zero attached hydrogens (tertiary/aromatic N) is 1. The van der Waals surface area contributed by atoms with Crippen molar-refractivity contribution in [3.63, 3.8) is 0 Å². The summed E-state index contributed by atoms with van der Waals surface area (Å²) < 4.78 is 0. The number of hydrogen-bond donors (Lipinski definition) is 1. The Morgan fingerprint density at radius 1 is 0.850 bits per heavy atom. The fraction of sp³-hybridized carbons (Fsp3) is 0.278. The Bertz CT molecular complexity index is 535. The van der Waals surface area contributed by atoms with Gasteiger partial charge in [-0.1, -0.05) is 60.7 Å². The van der Waals surface area contributed by atoms with E-state index in [-0.39, 0.29) is 12.1 Å². The highest BCUT2D eigenvalue weighted by molar-refractivity contribution is 6.12. The summed E-state index contributed by atoms with van der Waals surface area (Å²) in [5.41, 5.74) is 3.31. The fourth-order valence-corrected chi connectivity index (χ4v) is 2.74. The first-order valence-corrected chi connectivity index (χ1v) is 7.19. The van der Waals surface area contributed by atoms with E-state index in [0.29, 0.717) is 0 Å². The van der Waals surface area contributed by atoms with Crippen LogP contribution in [-0.4, -0.2) is 23.0 Å². The molecule has 0 aromatic heterocycles. The standard InChI is InChI=1S/C18H19NO/c20-17-12-11-16(13-17)19-18(14-7-3-1-4-8-14)15-9-5-2-6-10-15/h1-10,16-17,20H,11-13H2/t16-,17+/m1/s1. The zero-order chi connectivity index (χ0) is 13.8. The van der Waals surface area contributed by atoms with Crippen LogP contribution in [0.5, 0.6) is 0 Å². The zero-order valence-electron chi connectivity index (χ0n) is 11.4. The van der Waals surface area contributed by atoms with Crippen LogP contribution in [0.1, 0.15) is 30.4 Å². The summed E-state index contributed by atoms with van der Waals surface area (Å²) in [5, 5.41) is 9.68. The van der Waals surface area contributed by atoms with E-state index in [1.54, 1.807) is 0 Å². The molecule has 0 aliphatic heterocycles. The number of rotatable bonds is 3. The Morgan fingerprint density at radius 3 is 1.85 bits per heavy atom. The second-order valence-electron chi connectivity index (χ2n) is 5.33. The van der Waals surface area contributed by atoms with E-state index in [0.717, 1.165) is 36.1 Å². The molecule has 1 fully saturated rings. The lowest BCUT2D eigenvalue weighted by Gasteiger charge is -2.11. The summed E-state index contributed by atoms with van der Waals surface area (Å²) in [7, 11) is 0. The van der Waals surface area contributed by atoms with Crippen molar-refractivity contribution >= 4 is 5.71 Å². The highest BCUT2D eigenvalue weighted by atomic mass is 16.3. The van der Waals surface area contributed by atoms with Gasteiger partial charge in [0.25, 0.3) is 0 Å². The summed E-state index contributed by atoms with van der Waals surface area (Å²) in [4.78, 5) is 4.92. The van der Waals surface area contributed by atoms with Gasteiger partial charge in [0, 0.05) is 11.1 Å². The molecular formula is C18H19NO. The van der Waals surface area contributed by atoms with Crippen molar-refractivity contribution in [1.29, 1.82) is 0 Å². The van der Waals surface area contributed by atoms with Crippen LogP contribution in [0, 0.1) is 0 Å². The lowest BCUT2D eigenvalue weighted by atomic mass is 10.0.